The quantitative estimate of drug-likeness (QED) is 0.841. The average Bonchev–Trinajstić information content (AvgIpc) is 2.52. The molecule has 0 aliphatic heterocycles. The van der Waals surface area contributed by atoms with Crippen LogP contribution in [0.3, 0.4) is 0 Å². The molecule has 0 aromatic heterocycles. The molecule has 2 aromatic rings. The molecule has 0 bridgehead atoms. The maximum absolute atomic E-state index is 12.1. The van der Waals surface area contributed by atoms with E-state index in [4.69, 9.17) is 11.6 Å². The van der Waals surface area contributed by atoms with Crippen LogP contribution in [0.5, 0.6) is 5.75 Å². The van der Waals surface area contributed by atoms with Crippen LogP contribution in [0.15, 0.2) is 48.5 Å². The Balaban J connectivity index is 2.00. The SMILES string of the molecule is O=C(NNC(=O)c1ccccc1Cl)c1cccc(OC(F)F)c1. The highest BCUT2D eigenvalue weighted by molar-refractivity contribution is 6.33. The van der Waals surface area contributed by atoms with E-state index in [1.165, 1.54) is 30.3 Å². The second kappa shape index (κ2) is 7.55. The van der Waals surface area contributed by atoms with E-state index < -0.39 is 18.4 Å². The number of benzene rings is 2. The number of carbonyl (C=O) groups excluding carboxylic acids is 2. The summed E-state index contributed by atoms with van der Waals surface area (Å²) in [7, 11) is 0. The predicted molar refractivity (Wildman–Crippen MR) is 79.5 cm³/mol. The van der Waals surface area contributed by atoms with Crippen molar-refractivity contribution in [1.29, 1.82) is 0 Å². The highest BCUT2D eigenvalue weighted by atomic mass is 35.5. The van der Waals surface area contributed by atoms with Gasteiger partial charge in [0.05, 0.1) is 10.6 Å². The molecule has 0 atom stereocenters. The number of nitrogens with one attached hydrogen (secondary N) is 2. The van der Waals surface area contributed by atoms with Gasteiger partial charge in [-0.3, -0.25) is 20.4 Å². The normalized spacial score (nSPS) is 10.3. The molecule has 0 saturated carbocycles. The van der Waals surface area contributed by atoms with Crippen molar-refractivity contribution >= 4 is 23.4 Å². The highest BCUT2D eigenvalue weighted by Crippen LogP contribution is 2.16. The van der Waals surface area contributed by atoms with Crippen molar-refractivity contribution in [3.63, 3.8) is 0 Å². The minimum absolute atomic E-state index is 0.0441. The summed E-state index contributed by atoms with van der Waals surface area (Å²) in [4.78, 5) is 23.8. The lowest BCUT2D eigenvalue weighted by molar-refractivity contribution is -0.0498. The Morgan fingerprint density at radius 2 is 1.70 bits per heavy atom. The number of alkyl halides is 2. The Morgan fingerprint density at radius 3 is 2.39 bits per heavy atom. The lowest BCUT2D eigenvalue weighted by atomic mass is 10.2. The van der Waals surface area contributed by atoms with E-state index in [0.717, 1.165) is 6.07 Å². The Hall–Kier alpha value is -2.67. The molecule has 0 unspecified atom stereocenters. The van der Waals surface area contributed by atoms with Crippen LogP contribution >= 0.6 is 11.6 Å². The summed E-state index contributed by atoms with van der Waals surface area (Å²) in [6, 6.07) is 11.5. The molecule has 0 heterocycles. The number of ether oxygens (including phenoxy) is 1. The fraction of sp³-hybridized carbons (Fsp3) is 0.0667. The molecule has 0 aliphatic carbocycles. The lowest BCUT2D eigenvalue weighted by Crippen LogP contribution is -2.41. The third-order valence-electron chi connectivity index (χ3n) is 2.73. The Labute approximate surface area is 135 Å². The molecule has 0 spiro atoms. The Morgan fingerprint density at radius 1 is 1.00 bits per heavy atom. The van der Waals surface area contributed by atoms with E-state index in [1.807, 2.05) is 0 Å². The summed E-state index contributed by atoms with van der Waals surface area (Å²) in [5, 5.41) is 0.228. The fourth-order valence-electron chi connectivity index (χ4n) is 1.71. The van der Waals surface area contributed by atoms with Gasteiger partial charge in [-0.2, -0.15) is 8.78 Å². The van der Waals surface area contributed by atoms with Gasteiger partial charge in [0.2, 0.25) is 0 Å². The average molecular weight is 341 g/mol. The molecule has 0 fully saturated rings. The lowest BCUT2D eigenvalue weighted by Gasteiger charge is -2.09. The minimum Gasteiger partial charge on any atom is -0.435 e. The zero-order chi connectivity index (χ0) is 16.8. The first-order valence-corrected chi connectivity index (χ1v) is 6.75. The zero-order valence-corrected chi connectivity index (χ0v) is 12.3. The summed E-state index contributed by atoms with van der Waals surface area (Å²) < 4.78 is 28.5. The molecule has 2 aromatic carbocycles. The van der Waals surface area contributed by atoms with Crippen molar-refractivity contribution in [2.75, 3.05) is 0 Å². The minimum atomic E-state index is -2.99. The molecule has 8 heteroatoms. The fourth-order valence-corrected chi connectivity index (χ4v) is 1.93. The van der Waals surface area contributed by atoms with E-state index in [1.54, 1.807) is 12.1 Å². The molecule has 0 aliphatic rings. The van der Waals surface area contributed by atoms with E-state index in [9.17, 15) is 18.4 Å². The van der Waals surface area contributed by atoms with Gasteiger partial charge in [0, 0.05) is 5.56 Å². The third-order valence-corrected chi connectivity index (χ3v) is 3.06. The zero-order valence-electron chi connectivity index (χ0n) is 11.6. The molecule has 0 radical (unpaired) electrons. The Bertz CT molecular complexity index is 725. The van der Waals surface area contributed by atoms with Crippen LogP contribution in [0, 0.1) is 0 Å². The van der Waals surface area contributed by atoms with Gasteiger partial charge < -0.3 is 4.74 Å². The van der Waals surface area contributed by atoms with Crippen molar-refractivity contribution < 1.29 is 23.1 Å². The van der Waals surface area contributed by atoms with Crippen LogP contribution in [0.1, 0.15) is 20.7 Å². The van der Waals surface area contributed by atoms with Crippen LogP contribution in [0.4, 0.5) is 8.78 Å². The third kappa shape index (κ3) is 4.65. The maximum atomic E-state index is 12.1. The van der Waals surface area contributed by atoms with Gasteiger partial charge in [0.25, 0.3) is 11.8 Å². The van der Waals surface area contributed by atoms with Crippen LogP contribution in [-0.2, 0) is 0 Å². The number of rotatable bonds is 4. The molecule has 2 amide bonds. The van der Waals surface area contributed by atoms with Crippen molar-refractivity contribution in [2.24, 2.45) is 0 Å². The number of halogens is 3. The van der Waals surface area contributed by atoms with Crippen LogP contribution in [0.2, 0.25) is 5.02 Å². The van der Waals surface area contributed by atoms with Gasteiger partial charge in [-0.1, -0.05) is 29.8 Å². The molecule has 5 nitrogen and oxygen atoms in total. The number of hydrogen-bond acceptors (Lipinski definition) is 3. The Kier molecular flexibility index (Phi) is 5.48. The van der Waals surface area contributed by atoms with Gasteiger partial charge in [0.15, 0.2) is 0 Å². The summed E-state index contributed by atoms with van der Waals surface area (Å²) in [5.74, 6) is -1.46. The molecular formula is C15H11ClF2N2O3. The van der Waals surface area contributed by atoms with Crippen molar-refractivity contribution in [3.8, 4) is 5.75 Å². The smallest absolute Gasteiger partial charge is 0.387 e. The molecule has 120 valence electrons. The van der Waals surface area contributed by atoms with Gasteiger partial charge in [-0.15, -0.1) is 0 Å². The van der Waals surface area contributed by atoms with Gasteiger partial charge in [-0.05, 0) is 30.3 Å². The van der Waals surface area contributed by atoms with Gasteiger partial charge in [0.1, 0.15) is 5.75 Å². The largest absolute Gasteiger partial charge is 0.435 e. The van der Waals surface area contributed by atoms with Crippen molar-refractivity contribution in [3.05, 3.63) is 64.7 Å². The van der Waals surface area contributed by atoms with Crippen molar-refractivity contribution in [2.45, 2.75) is 6.61 Å². The molecule has 2 N–H and O–H groups in total. The molecular weight excluding hydrogens is 330 g/mol. The number of hydrazine groups is 1. The van der Waals surface area contributed by atoms with E-state index in [0.29, 0.717) is 0 Å². The second-order valence-corrected chi connectivity index (χ2v) is 4.70. The highest BCUT2D eigenvalue weighted by Gasteiger charge is 2.13. The predicted octanol–water partition coefficient (Wildman–Crippen LogP) is 3.02. The number of amides is 2. The molecule has 2 rings (SSSR count). The van der Waals surface area contributed by atoms with Gasteiger partial charge in [-0.25, -0.2) is 0 Å². The van der Waals surface area contributed by atoms with Crippen LogP contribution in [0.25, 0.3) is 0 Å². The summed E-state index contributed by atoms with van der Waals surface area (Å²) >= 11 is 5.86. The topological polar surface area (TPSA) is 67.4 Å². The maximum Gasteiger partial charge on any atom is 0.387 e. The number of carbonyl (C=O) groups is 2. The first-order chi connectivity index (χ1) is 11.0. The van der Waals surface area contributed by atoms with E-state index in [2.05, 4.69) is 15.6 Å². The van der Waals surface area contributed by atoms with Crippen LogP contribution < -0.4 is 15.6 Å². The summed E-state index contributed by atoms with van der Waals surface area (Å²) in [6.45, 7) is -2.99. The van der Waals surface area contributed by atoms with E-state index in [-0.39, 0.29) is 21.9 Å². The van der Waals surface area contributed by atoms with E-state index >= 15 is 0 Å². The second-order valence-electron chi connectivity index (χ2n) is 4.29. The van der Waals surface area contributed by atoms with Crippen molar-refractivity contribution in [1.82, 2.24) is 10.9 Å². The monoisotopic (exact) mass is 340 g/mol. The first-order valence-electron chi connectivity index (χ1n) is 6.37. The molecule has 23 heavy (non-hydrogen) atoms. The standard InChI is InChI=1S/C15H11ClF2N2O3/c16-12-7-2-1-6-11(12)14(22)20-19-13(21)9-4-3-5-10(8-9)23-15(17)18/h1-8,15H,(H,19,21)(H,20,22). The van der Waals surface area contributed by atoms with Gasteiger partial charge >= 0.3 is 6.61 Å². The molecule has 0 saturated heterocycles. The summed E-state index contributed by atoms with van der Waals surface area (Å²) in [5.41, 5.74) is 4.58. The van der Waals surface area contributed by atoms with Crippen LogP contribution in [-0.4, -0.2) is 18.4 Å². The first kappa shape index (κ1) is 16.7. The summed E-state index contributed by atoms with van der Waals surface area (Å²) in [6.07, 6.45) is 0. The number of hydrogen-bond donors (Lipinski definition) is 2.